The SMILES string of the molecule is Cc1cc(NC(=O)C(C)OC(=O)c2ccc3nc(-c4ccccc4)[nH]c3c2)no1. The number of nitrogens with one attached hydrogen (secondary N) is 2. The molecule has 2 aromatic heterocycles. The average Bonchev–Trinajstić information content (AvgIpc) is 3.33. The highest BCUT2D eigenvalue weighted by Crippen LogP contribution is 2.21. The number of hydrogen-bond acceptors (Lipinski definition) is 6. The minimum atomic E-state index is -1.00. The summed E-state index contributed by atoms with van der Waals surface area (Å²) in [5, 5.41) is 6.21. The van der Waals surface area contributed by atoms with Gasteiger partial charge in [0.1, 0.15) is 11.6 Å². The van der Waals surface area contributed by atoms with Crippen LogP contribution in [0.3, 0.4) is 0 Å². The van der Waals surface area contributed by atoms with Crippen LogP contribution in [0.1, 0.15) is 23.0 Å². The summed E-state index contributed by atoms with van der Waals surface area (Å²) < 4.78 is 10.2. The molecule has 0 spiro atoms. The van der Waals surface area contributed by atoms with Crippen LogP contribution in [-0.4, -0.2) is 33.1 Å². The number of esters is 1. The molecule has 0 aliphatic carbocycles. The van der Waals surface area contributed by atoms with Gasteiger partial charge >= 0.3 is 5.97 Å². The number of hydrogen-bond donors (Lipinski definition) is 2. The number of H-pyrrole nitrogens is 1. The second-order valence-corrected chi connectivity index (χ2v) is 6.54. The van der Waals surface area contributed by atoms with Gasteiger partial charge in [0.05, 0.1) is 16.6 Å². The van der Waals surface area contributed by atoms with Crippen molar-refractivity contribution in [1.29, 1.82) is 0 Å². The maximum Gasteiger partial charge on any atom is 0.338 e. The van der Waals surface area contributed by atoms with Gasteiger partial charge in [-0.2, -0.15) is 0 Å². The largest absolute Gasteiger partial charge is 0.449 e. The zero-order chi connectivity index (χ0) is 20.4. The zero-order valence-corrected chi connectivity index (χ0v) is 15.8. The Morgan fingerprint density at radius 1 is 1.14 bits per heavy atom. The summed E-state index contributed by atoms with van der Waals surface area (Å²) in [6, 6.07) is 16.3. The molecule has 2 heterocycles. The maximum atomic E-state index is 12.5. The molecule has 1 amide bonds. The molecule has 0 saturated heterocycles. The number of benzene rings is 2. The fourth-order valence-electron chi connectivity index (χ4n) is 2.80. The Balaban J connectivity index is 1.47. The summed E-state index contributed by atoms with van der Waals surface area (Å²) in [6.45, 7) is 3.20. The predicted octanol–water partition coefficient (Wildman–Crippen LogP) is 3.71. The van der Waals surface area contributed by atoms with Crippen molar-refractivity contribution < 1.29 is 18.8 Å². The molecule has 0 aliphatic heterocycles. The first-order valence-electron chi connectivity index (χ1n) is 9.00. The molecule has 1 atom stereocenters. The standard InChI is InChI=1S/C21H18N4O4/c1-12-10-18(25-29-12)24-20(26)13(2)28-21(27)15-8-9-16-17(11-15)23-19(22-16)14-6-4-3-5-7-14/h3-11,13H,1-2H3,(H,22,23)(H,24,25,26). The van der Waals surface area contributed by atoms with Gasteiger partial charge in [-0.3, -0.25) is 4.79 Å². The van der Waals surface area contributed by atoms with E-state index in [1.165, 1.54) is 6.92 Å². The third kappa shape index (κ3) is 4.01. The van der Waals surface area contributed by atoms with E-state index in [9.17, 15) is 9.59 Å². The highest BCUT2D eigenvalue weighted by atomic mass is 16.5. The summed E-state index contributed by atoms with van der Waals surface area (Å²) in [4.78, 5) is 32.4. The van der Waals surface area contributed by atoms with Crippen LogP contribution >= 0.6 is 0 Å². The Labute approximate surface area is 165 Å². The van der Waals surface area contributed by atoms with Gasteiger partial charge < -0.3 is 19.6 Å². The zero-order valence-electron chi connectivity index (χ0n) is 15.8. The smallest absolute Gasteiger partial charge is 0.338 e. The van der Waals surface area contributed by atoms with E-state index in [2.05, 4.69) is 20.4 Å². The number of nitrogens with zero attached hydrogens (tertiary/aromatic N) is 2. The summed E-state index contributed by atoms with van der Waals surface area (Å²) in [5.41, 5.74) is 2.69. The molecule has 29 heavy (non-hydrogen) atoms. The number of amides is 1. The Bertz CT molecular complexity index is 1180. The fraction of sp³-hybridized carbons (Fsp3) is 0.143. The maximum absolute atomic E-state index is 12.5. The second-order valence-electron chi connectivity index (χ2n) is 6.54. The first kappa shape index (κ1) is 18.4. The van der Waals surface area contributed by atoms with Crippen LogP contribution < -0.4 is 5.32 Å². The monoisotopic (exact) mass is 390 g/mol. The van der Waals surface area contributed by atoms with Gasteiger partial charge in [0.2, 0.25) is 0 Å². The summed E-state index contributed by atoms with van der Waals surface area (Å²) in [7, 11) is 0. The van der Waals surface area contributed by atoms with E-state index in [1.54, 1.807) is 31.2 Å². The van der Waals surface area contributed by atoms with E-state index in [1.807, 2.05) is 30.3 Å². The molecule has 2 aromatic carbocycles. The third-order valence-corrected chi connectivity index (χ3v) is 4.30. The van der Waals surface area contributed by atoms with Crippen LogP contribution in [-0.2, 0) is 9.53 Å². The average molecular weight is 390 g/mol. The second kappa shape index (κ2) is 7.59. The van der Waals surface area contributed by atoms with Gasteiger partial charge in [0.15, 0.2) is 11.9 Å². The van der Waals surface area contributed by atoms with E-state index in [-0.39, 0.29) is 5.82 Å². The number of fused-ring (bicyclic) bond motifs is 1. The first-order chi connectivity index (χ1) is 14.0. The van der Waals surface area contributed by atoms with Crippen molar-refractivity contribution >= 4 is 28.7 Å². The minimum Gasteiger partial charge on any atom is -0.449 e. The van der Waals surface area contributed by atoms with Gasteiger partial charge in [-0.15, -0.1) is 0 Å². The van der Waals surface area contributed by atoms with E-state index in [4.69, 9.17) is 9.26 Å². The molecular weight excluding hydrogens is 372 g/mol. The summed E-state index contributed by atoms with van der Waals surface area (Å²) >= 11 is 0. The number of aromatic nitrogens is 3. The molecule has 4 rings (SSSR count). The molecule has 8 heteroatoms. The molecule has 0 saturated carbocycles. The van der Waals surface area contributed by atoms with Crippen LogP contribution in [0.5, 0.6) is 0 Å². The van der Waals surface area contributed by atoms with Crippen LogP contribution in [0, 0.1) is 6.92 Å². The van der Waals surface area contributed by atoms with Gasteiger partial charge in [-0.25, -0.2) is 9.78 Å². The van der Waals surface area contributed by atoms with Crippen molar-refractivity contribution in [3.63, 3.8) is 0 Å². The third-order valence-electron chi connectivity index (χ3n) is 4.30. The van der Waals surface area contributed by atoms with Crippen LogP contribution in [0.15, 0.2) is 59.1 Å². The lowest BCUT2D eigenvalue weighted by Gasteiger charge is -2.12. The molecule has 146 valence electrons. The Morgan fingerprint density at radius 2 is 1.93 bits per heavy atom. The van der Waals surface area contributed by atoms with Crippen molar-refractivity contribution in [2.24, 2.45) is 0 Å². The number of carbonyl (C=O) groups is 2. The normalized spacial score (nSPS) is 11.9. The van der Waals surface area contributed by atoms with Gasteiger partial charge in [-0.05, 0) is 32.0 Å². The predicted molar refractivity (Wildman–Crippen MR) is 106 cm³/mol. The summed E-state index contributed by atoms with van der Waals surface area (Å²) in [5.74, 6) is 0.430. The van der Waals surface area contributed by atoms with Gasteiger partial charge in [-0.1, -0.05) is 35.5 Å². The number of aromatic amines is 1. The number of aryl methyl sites for hydroxylation is 1. The Hall–Kier alpha value is -3.94. The lowest BCUT2D eigenvalue weighted by molar-refractivity contribution is -0.123. The van der Waals surface area contributed by atoms with Crippen molar-refractivity contribution in [1.82, 2.24) is 15.1 Å². The molecule has 1 unspecified atom stereocenters. The lowest BCUT2D eigenvalue weighted by atomic mass is 10.2. The van der Waals surface area contributed by atoms with Crippen molar-refractivity contribution in [2.45, 2.75) is 20.0 Å². The van der Waals surface area contributed by atoms with Crippen molar-refractivity contribution in [3.8, 4) is 11.4 Å². The number of rotatable bonds is 5. The van der Waals surface area contributed by atoms with E-state index >= 15 is 0 Å². The topological polar surface area (TPSA) is 110 Å². The van der Waals surface area contributed by atoms with Crippen LogP contribution in [0.25, 0.3) is 22.4 Å². The van der Waals surface area contributed by atoms with E-state index in [0.29, 0.717) is 22.7 Å². The van der Waals surface area contributed by atoms with Crippen LogP contribution in [0.2, 0.25) is 0 Å². The quantitative estimate of drug-likeness (QED) is 0.503. The number of imidazole rings is 1. The highest BCUT2D eigenvalue weighted by molar-refractivity contribution is 5.98. The fourth-order valence-corrected chi connectivity index (χ4v) is 2.80. The van der Waals surface area contributed by atoms with E-state index in [0.717, 1.165) is 11.1 Å². The molecular formula is C21H18N4O4. The minimum absolute atomic E-state index is 0.266. The molecule has 0 radical (unpaired) electrons. The lowest BCUT2D eigenvalue weighted by Crippen LogP contribution is -2.30. The van der Waals surface area contributed by atoms with Crippen molar-refractivity contribution in [2.75, 3.05) is 5.32 Å². The Morgan fingerprint density at radius 3 is 2.66 bits per heavy atom. The van der Waals surface area contributed by atoms with E-state index < -0.39 is 18.0 Å². The summed E-state index contributed by atoms with van der Waals surface area (Å²) in [6.07, 6.45) is -1.00. The Kier molecular flexibility index (Phi) is 4.82. The first-order valence-corrected chi connectivity index (χ1v) is 9.00. The van der Waals surface area contributed by atoms with Crippen LogP contribution in [0.4, 0.5) is 5.82 Å². The van der Waals surface area contributed by atoms with Crippen molar-refractivity contribution in [3.05, 3.63) is 65.9 Å². The molecule has 4 aromatic rings. The highest BCUT2D eigenvalue weighted by Gasteiger charge is 2.20. The molecule has 2 N–H and O–H groups in total. The number of carbonyl (C=O) groups excluding carboxylic acids is 2. The van der Waals surface area contributed by atoms with Gasteiger partial charge in [0, 0.05) is 11.6 Å². The van der Waals surface area contributed by atoms with Gasteiger partial charge in [0.25, 0.3) is 5.91 Å². The molecule has 0 aliphatic rings. The molecule has 0 bridgehead atoms. The molecule has 8 nitrogen and oxygen atoms in total. The number of ether oxygens (including phenoxy) is 1. The number of anilines is 1. The molecule has 0 fully saturated rings.